The molecular weight excluding hydrogens is 444 g/mol. The van der Waals surface area contributed by atoms with E-state index in [1.165, 1.54) is 11.8 Å². The summed E-state index contributed by atoms with van der Waals surface area (Å²) >= 11 is 7.74. The van der Waals surface area contributed by atoms with E-state index in [1.807, 2.05) is 53.4 Å². The van der Waals surface area contributed by atoms with Gasteiger partial charge in [-0.25, -0.2) is 0 Å². The fraction of sp³-hybridized carbons (Fsp3) is 0.375. The maximum Gasteiger partial charge on any atom is 0.251 e. The number of hydrogen-bond donors (Lipinski definition) is 1. The molecule has 1 N–H and O–H groups in total. The molecule has 3 fully saturated rings. The van der Waals surface area contributed by atoms with Crippen LogP contribution in [-0.2, 0) is 15.1 Å². The van der Waals surface area contributed by atoms with Gasteiger partial charge in [-0.2, -0.15) is 0 Å². The molecule has 0 aromatic heterocycles. The number of carbonyl (C=O) groups is 2. The van der Waals surface area contributed by atoms with Crippen LogP contribution < -0.4 is 5.32 Å². The number of carbonyl (C=O) groups excluding carboxylic acids is 2. The Morgan fingerprint density at radius 1 is 1.09 bits per heavy atom. The molecule has 5 aliphatic rings. The molecule has 5 heterocycles. The number of hydrogen-bond acceptors (Lipinski definition) is 5. The van der Waals surface area contributed by atoms with Crippen LogP contribution in [0.4, 0.5) is 5.69 Å². The summed E-state index contributed by atoms with van der Waals surface area (Å²) in [6, 6.07) is 15.8. The molecule has 3 saturated heterocycles. The van der Waals surface area contributed by atoms with Crippen LogP contribution in [0.3, 0.4) is 0 Å². The molecule has 162 valence electrons. The quantitative estimate of drug-likeness (QED) is 0.702. The minimum Gasteiger partial charge on any atom is -0.324 e. The predicted molar refractivity (Wildman–Crippen MR) is 125 cm³/mol. The van der Waals surface area contributed by atoms with Gasteiger partial charge >= 0.3 is 0 Å². The third-order valence-corrected chi connectivity index (χ3v) is 9.66. The predicted octanol–water partition coefficient (Wildman–Crippen LogP) is 3.43. The van der Waals surface area contributed by atoms with Crippen LogP contribution in [0.5, 0.6) is 0 Å². The van der Waals surface area contributed by atoms with Crippen molar-refractivity contribution in [2.24, 2.45) is 4.99 Å². The number of nitrogens with one attached hydrogen (secondary N) is 1. The summed E-state index contributed by atoms with van der Waals surface area (Å²) in [5.41, 5.74) is 1.71. The molecule has 0 unspecified atom stereocenters. The van der Waals surface area contributed by atoms with Gasteiger partial charge in [0.25, 0.3) is 5.91 Å². The fourth-order valence-corrected chi connectivity index (χ4v) is 8.74. The van der Waals surface area contributed by atoms with E-state index >= 15 is 0 Å². The SMILES string of the molecule is O=C1N2CCN=C2S[C@@]12[C@H](c1ccc(Cl)cc1)[C@H]1CCCN1[C@]21C(=O)Nc2ccccc21. The van der Waals surface area contributed by atoms with Gasteiger partial charge in [0.05, 0.1) is 6.54 Å². The summed E-state index contributed by atoms with van der Waals surface area (Å²) in [4.78, 5) is 37.3. The van der Waals surface area contributed by atoms with Gasteiger partial charge in [0, 0.05) is 34.8 Å². The summed E-state index contributed by atoms with van der Waals surface area (Å²) in [7, 11) is 0. The number of thioether (sulfide) groups is 1. The number of halogens is 1. The first kappa shape index (κ1) is 19.1. The molecule has 8 heteroatoms. The van der Waals surface area contributed by atoms with Gasteiger partial charge in [-0.15, -0.1) is 0 Å². The van der Waals surface area contributed by atoms with Crippen molar-refractivity contribution in [2.75, 3.05) is 25.0 Å². The maximum atomic E-state index is 14.4. The largest absolute Gasteiger partial charge is 0.324 e. The van der Waals surface area contributed by atoms with Crippen LogP contribution in [0.15, 0.2) is 53.5 Å². The van der Waals surface area contributed by atoms with Crippen LogP contribution in [0.1, 0.15) is 29.9 Å². The minimum absolute atomic E-state index is 0.0138. The van der Waals surface area contributed by atoms with Crippen molar-refractivity contribution in [1.82, 2.24) is 9.80 Å². The molecule has 5 aliphatic heterocycles. The van der Waals surface area contributed by atoms with Gasteiger partial charge in [0.1, 0.15) is 4.75 Å². The Morgan fingerprint density at radius 2 is 1.91 bits per heavy atom. The first-order chi connectivity index (χ1) is 15.6. The molecule has 0 radical (unpaired) electrons. The van der Waals surface area contributed by atoms with Crippen molar-refractivity contribution in [3.63, 3.8) is 0 Å². The summed E-state index contributed by atoms with van der Waals surface area (Å²) < 4.78 is -1.01. The zero-order chi connectivity index (χ0) is 21.7. The van der Waals surface area contributed by atoms with Crippen molar-refractivity contribution in [3.05, 3.63) is 64.7 Å². The first-order valence-corrected chi connectivity index (χ1v) is 12.3. The lowest BCUT2D eigenvalue weighted by Crippen LogP contribution is -2.62. The van der Waals surface area contributed by atoms with E-state index in [0.29, 0.717) is 18.1 Å². The molecule has 4 atom stereocenters. The molecule has 2 aromatic carbocycles. The molecule has 2 spiro atoms. The summed E-state index contributed by atoms with van der Waals surface area (Å²) in [6.45, 7) is 2.00. The highest BCUT2D eigenvalue weighted by Gasteiger charge is 2.81. The third kappa shape index (κ3) is 2.02. The number of aliphatic imine (C=N–C) groups is 1. The van der Waals surface area contributed by atoms with Crippen molar-refractivity contribution >= 4 is 46.0 Å². The number of rotatable bonds is 1. The van der Waals surface area contributed by atoms with Crippen molar-refractivity contribution in [3.8, 4) is 0 Å². The molecule has 2 aromatic rings. The van der Waals surface area contributed by atoms with E-state index in [-0.39, 0.29) is 23.8 Å². The Balaban J connectivity index is 1.56. The second-order valence-corrected chi connectivity index (χ2v) is 10.8. The highest BCUT2D eigenvalue weighted by molar-refractivity contribution is 8.16. The lowest BCUT2D eigenvalue weighted by atomic mass is 9.70. The van der Waals surface area contributed by atoms with Crippen LogP contribution >= 0.6 is 23.4 Å². The molecular formula is C24H21ClN4O2S. The summed E-state index contributed by atoms with van der Waals surface area (Å²) in [6.07, 6.45) is 1.96. The topological polar surface area (TPSA) is 65.0 Å². The maximum absolute atomic E-state index is 14.4. The summed E-state index contributed by atoms with van der Waals surface area (Å²) in [5, 5.41) is 4.56. The molecule has 0 aliphatic carbocycles. The van der Waals surface area contributed by atoms with E-state index in [9.17, 15) is 9.59 Å². The Labute approximate surface area is 195 Å². The first-order valence-electron chi connectivity index (χ1n) is 11.1. The number of nitrogens with zero attached hydrogens (tertiary/aromatic N) is 3. The Morgan fingerprint density at radius 3 is 2.72 bits per heavy atom. The second kappa shape index (κ2) is 6.37. The van der Waals surface area contributed by atoms with Gasteiger partial charge in [-0.3, -0.25) is 24.4 Å². The number of fused-ring (bicyclic) bond motifs is 6. The van der Waals surface area contributed by atoms with Gasteiger partial charge in [-0.1, -0.05) is 53.7 Å². The smallest absolute Gasteiger partial charge is 0.251 e. The highest BCUT2D eigenvalue weighted by Crippen LogP contribution is 2.69. The van der Waals surface area contributed by atoms with Crippen molar-refractivity contribution in [2.45, 2.75) is 35.1 Å². The summed E-state index contributed by atoms with van der Waals surface area (Å²) in [5.74, 6) is -0.227. The number of amides is 2. The average molecular weight is 465 g/mol. The average Bonchev–Trinajstić information content (AvgIpc) is 3.57. The van der Waals surface area contributed by atoms with E-state index in [2.05, 4.69) is 15.2 Å². The van der Waals surface area contributed by atoms with Gasteiger partial charge in [0.2, 0.25) is 5.91 Å². The van der Waals surface area contributed by atoms with Crippen molar-refractivity contribution < 1.29 is 9.59 Å². The molecule has 7 rings (SSSR count). The molecule has 0 bridgehead atoms. The monoisotopic (exact) mass is 464 g/mol. The van der Waals surface area contributed by atoms with Gasteiger partial charge in [-0.05, 0) is 43.1 Å². The molecule has 32 heavy (non-hydrogen) atoms. The zero-order valence-corrected chi connectivity index (χ0v) is 18.8. The molecule has 0 saturated carbocycles. The molecule has 2 amide bonds. The fourth-order valence-electron chi connectivity index (χ4n) is 6.80. The third-order valence-electron chi connectivity index (χ3n) is 7.83. The second-order valence-electron chi connectivity index (χ2n) is 9.10. The zero-order valence-electron chi connectivity index (χ0n) is 17.3. The highest BCUT2D eigenvalue weighted by atomic mass is 35.5. The van der Waals surface area contributed by atoms with Crippen LogP contribution in [0.25, 0.3) is 0 Å². The minimum atomic E-state index is -1.07. The molecule has 6 nitrogen and oxygen atoms in total. The standard InChI is InChI=1S/C24H21ClN4O2S/c25-15-9-7-14(8-10-15)19-18-6-3-12-29(18)23(16-4-1-2-5-17(16)27-20(23)30)24(19)21(31)28-13-11-26-22(28)32-24/h1-2,4-5,7-10,18-19H,3,6,11-13H2,(H,27,30)/t18-,19-,23-,24+/m1/s1. The number of para-hydroxylation sites is 1. The lowest BCUT2D eigenvalue weighted by molar-refractivity contribution is -0.138. The van der Waals surface area contributed by atoms with Gasteiger partial charge < -0.3 is 5.32 Å². The Bertz CT molecular complexity index is 1220. The van der Waals surface area contributed by atoms with E-state index in [1.54, 1.807) is 0 Å². The normalized spacial score (nSPS) is 34.9. The Kier molecular flexibility index (Phi) is 3.81. The number of amidine groups is 1. The van der Waals surface area contributed by atoms with E-state index in [4.69, 9.17) is 11.6 Å². The van der Waals surface area contributed by atoms with Crippen LogP contribution in [-0.4, -0.2) is 57.2 Å². The number of anilines is 1. The lowest BCUT2D eigenvalue weighted by Gasteiger charge is -2.42. The van der Waals surface area contributed by atoms with Crippen LogP contribution in [0, 0.1) is 0 Å². The van der Waals surface area contributed by atoms with Crippen molar-refractivity contribution in [1.29, 1.82) is 0 Å². The Hall–Kier alpha value is -2.35. The van der Waals surface area contributed by atoms with Gasteiger partial charge in [0.15, 0.2) is 10.7 Å². The van der Waals surface area contributed by atoms with E-state index in [0.717, 1.165) is 41.4 Å². The van der Waals surface area contributed by atoms with E-state index < -0.39 is 10.3 Å². The number of benzene rings is 2. The van der Waals surface area contributed by atoms with Crippen LogP contribution in [0.2, 0.25) is 5.02 Å².